The molecule has 0 aliphatic carbocycles. The van der Waals surface area contributed by atoms with Crippen LogP contribution < -0.4 is 45.9 Å². The molecule has 1 fully saturated rings. The molecule has 0 aromatic carbocycles. The third kappa shape index (κ3) is 6.87. The Morgan fingerprint density at radius 2 is 2.00 bits per heavy atom. The standard InChI is InChI=1S/C11H18N4O8S.Na/c1-5(13-8(16)3-2-6(12)11(19)20)9(17)14-7-4-15(10(7)18)24(21,22)23;/h5-7H,2-4,12H2,1H3,(H,13,16)(H,14,17)(H,19,20)(H,21,22,23);/q;+1/p-1/t5-,6-,7?;/m1./s1. The summed E-state index contributed by atoms with van der Waals surface area (Å²) in [4.78, 5) is 45.3. The van der Waals surface area contributed by atoms with Crippen molar-refractivity contribution in [2.75, 3.05) is 6.54 Å². The maximum Gasteiger partial charge on any atom is 1.00 e. The number of hydrogen-bond donors (Lipinski definition) is 4. The van der Waals surface area contributed by atoms with Gasteiger partial charge < -0.3 is 26.0 Å². The second-order valence-electron chi connectivity index (χ2n) is 5.16. The number of carbonyl (C=O) groups excluding carboxylic acids is 3. The van der Waals surface area contributed by atoms with E-state index in [1.807, 2.05) is 0 Å². The van der Waals surface area contributed by atoms with E-state index in [0.717, 1.165) is 0 Å². The van der Waals surface area contributed by atoms with Crippen LogP contribution in [-0.2, 0) is 29.5 Å². The Morgan fingerprint density at radius 3 is 2.44 bits per heavy atom. The topological polar surface area (TPSA) is 199 Å². The van der Waals surface area contributed by atoms with Crippen LogP contribution in [0.3, 0.4) is 0 Å². The first-order valence-corrected chi connectivity index (χ1v) is 8.15. The van der Waals surface area contributed by atoms with E-state index in [4.69, 9.17) is 10.8 Å². The van der Waals surface area contributed by atoms with Gasteiger partial charge in [-0.3, -0.25) is 19.2 Å². The minimum Gasteiger partial charge on any atom is -0.731 e. The molecule has 12 nitrogen and oxygen atoms in total. The van der Waals surface area contributed by atoms with Crippen molar-refractivity contribution in [3.05, 3.63) is 0 Å². The van der Waals surface area contributed by atoms with Crippen LogP contribution in [0.15, 0.2) is 0 Å². The van der Waals surface area contributed by atoms with Gasteiger partial charge in [0.2, 0.25) is 11.8 Å². The maximum atomic E-state index is 11.8. The van der Waals surface area contributed by atoms with Crippen LogP contribution in [0.2, 0.25) is 0 Å². The molecular weight excluding hydrogens is 371 g/mol. The van der Waals surface area contributed by atoms with Crippen molar-refractivity contribution in [2.24, 2.45) is 5.73 Å². The van der Waals surface area contributed by atoms with Crippen LogP contribution in [0, 0.1) is 0 Å². The smallest absolute Gasteiger partial charge is 0.731 e. The first kappa shape index (κ1) is 23.8. The number of rotatable bonds is 8. The minimum atomic E-state index is -4.89. The summed E-state index contributed by atoms with van der Waals surface area (Å²) in [5, 5.41) is 13.0. The number of carboxylic acids is 1. The number of carboxylic acid groups (broad SMARTS) is 1. The van der Waals surface area contributed by atoms with Crippen LogP contribution in [0.4, 0.5) is 0 Å². The molecular formula is C11H17N4NaO8S. The molecule has 3 amide bonds. The molecule has 0 aromatic heterocycles. The normalized spacial score (nSPS) is 19.1. The minimum absolute atomic E-state index is 0. The molecule has 1 unspecified atom stereocenters. The van der Waals surface area contributed by atoms with Crippen molar-refractivity contribution < 1.29 is 66.8 Å². The van der Waals surface area contributed by atoms with Gasteiger partial charge in [-0.2, -0.15) is 0 Å². The fraction of sp³-hybridized carbons (Fsp3) is 0.636. The Balaban J connectivity index is 0.00000576. The van der Waals surface area contributed by atoms with Gasteiger partial charge in [0, 0.05) is 6.42 Å². The van der Waals surface area contributed by atoms with Crippen molar-refractivity contribution >= 4 is 34.0 Å². The summed E-state index contributed by atoms with van der Waals surface area (Å²) in [6.07, 6.45) is -0.331. The largest absolute Gasteiger partial charge is 1.00 e. The van der Waals surface area contributed by atoms with Gasteiger partial charge in [0.25, 0.3) is 5.91 Å². The van der Waals surface area contributed by atoms with E-state index in [0.29, 0.717) is 0 Å². The summed E-state index contributed by atoms with van der Waals surface area (Å²) in [7, 11) is -4.89. The number of aliphatic carboxylic acids is 1. The SMILES string of the molecule is C[C@@H](NC(=O)CC[C@@H](N)C(=O)O)C(=O)NC1CN(S(=O)(=O)[O-])C1=O.[Na+]. The Labute approximate surface area is 165 Å². The van der Waals surface area contributed by atoms with E-state index in [1.165, 1.54) is 6.92 Å². The third-order valence-electron chi connectivity index (χ3n) is 3.25. The van der Waals surface area contributed by atoms with E-state index in [-0.39, 0.29) is 46.7 Å². The summed E-state index contributed by atoms with van der Waals surface area (Å²) in [5.74, 6) is -3.68. The monoisotopic (exact) mass is 388 g/mol. The average molecular weight is 388 g/mol. The van der Waals surface area contributed by atoms with E-state index in [9.17, 15) is 32.1 Å². The quantitative estimate of drug-likeness (QED) is 0.177. The van der Waals surface area contributed by atoms with Gasteiger partial charge in [-0.25, -0.2) is 12.7 Å². The molecule has 0 spiro atoms. The van der Waals surface area contributed by atoms with Gasteiger partial charge in [-0.1, -0.05) is 0 Å². The number of hydrogen-bond acceptors (Lipinski definition) is 8. The molecule has 0 saturated carbocycles. The number of amides is 3. The van der Waals surface area contributed by atoms with Gasteiger partial charge in [0.15, 0.2) is 10.3 Å². The zero-order valence-electron chi connectivity index (χ0n) is 13.6. The van der Waals surface area contributed by atoms with Crippen LogP contribution >= 0.6 is 0 Å². The first-order valence-electron chi connectivity index (χ1n) is 6.79. The molecule has 1 rings (SSSR count). The van der Waals surface area contributed by atoms with Crippen LogP contribution in [-0.4, -0.2) is 70.7 Å². The van der Waals surface area contributed by atoms with Gasteiger partial charge in [0.1, 0.15) is 18.1 Å². The zero-order chi connectivity index (χ0) is 18.7. The molecule has 0 radical (unpaired) electrons. The summed E-state index contributed by atoms with van der Waals surface area (Å²) in [5.41, 5.74) is 5.23. The zero-order valence-corrected chi connectivity index (χ0v) is 16.4. The van der Waals surface area contributed by atoms with Crippen LogP contribution in [0.1, 0.15) is 19.8 Å². The molecule has 1 aliphatic rings. The molecule has 0 aromatic rings. The molecule has 1 heterocycles. The second kappa shape index (κ2) is 9.45. The molecule has 0 bridgehead atoms. The Hall–Kier alpha value is -1.25. The molecule has 14 heteroatoms. The van der Waals surface area contributed by atoms with Gasteiger partial charge in [0.05, 0.1) is 6.54 Å². The molecule has 1 saturated heterocycles. The Kier molecular flexibility index (Phi) is 8.98. The van der Waals surface area contributed by atoms with E-state index in [1.54, 1.807) is 0 Å². The maximum absolute atomic E-state index is 11.8. The average Bonchev–Trinajstić information content (AvgIpc) is 2.46. The van der Waals surface area contributed by atoms with Crippen LogP contribution in [0.5, 0.6) is 0 Å². The molecule has 5 N–H and O–H groups in total. The van der Waals surface area contributed by atoms with E-state index >= 15 is 0 Å². The van der Waals surface area contributed by atoms with E-state index in [2.05, 4.69) is 10.6 Å². The van der Waals surface area contributed by atoms with Gasteiger partial charge >= 0.3 is 35.5 Å². The Bertz CT molecular complexity index is 654. The fourth-order valence-corrected chi connectivity index (χ4v) is 2.47. The van der Waals surface area contributed by atoms with E-state index < -0.39 is 58.7 Å². The number of nitrogens with two attached hydrogens (primary N) is 1. The second-order valence-corrected chi connectivity index (χ2v) is 6.46. The molecule has 1 aliphatic heterocycles. The predicted molar refractivity (Wildman–Crippen MR) is 75.8 cm³/mol. The number of β-lactam (4-membered cyclic amide) rings is 1. The van der Waals surface area contributed by atoms with Crippen molar-refractivity contribution in [1.82, 2.24) is 14.9 Å². The first-order chi connectivity index (χ1) is 10.9. The number of nitrogens with one attached hydrogen (secondary N) is 2. The summed E-state index contributed by atoms with van der Waals surface area (Å²) < 4.78 is 32.0. The van der Waals surface area contributed by atoms with Gasteiger partial charge in [-0.05, 0) is 13.3 Å². The molecule has 3 atom stereocenters. The summed E-state index contributed by atoms with van der Waals surface area (Å²) in [6.45, 7) is 0.847. The molecule has 136 valence electrons. The molecule has 25 heavy (non-hydrogen) atoms. The summed E-state index contributed by atoms with van der Waals surface area (Å²) in [6, 6.07) is -3.40. The number of nitrogens with zero attached hydrogens (tertiary/aromatic N) is 1. The predicted octanol–water partition coefficient (Wildman–Crippen LogP) is -6.53. The van der Waals surface area contributed by atoms with Crippen molar-refractivity contribution in [3.63, 3.8) is 0 Å². The van der Waals surface area contributed by atoms with Crippen molar-refractivity contribution in [1.29, 1.82) is 0 Å². The number of carbonyl (C=O) groups is 4. The van der Waals surface area contributed by atoms with Crippen molar-refractivity contribution in [3.8, 4) is 0 Å². The third-order valence-corrected chi connectivity index (χ3v) is 4.12. The van der Waals surface area contributed by atoms with Crippen LogP contribution in [0.25, 0.3) is 0 Å². The fourth-order valence-electron chi connectivity index (χ4n) is 1.79. The Morgan fingerprint density at radius 1 is 1.44 bits per heavy atom. The van der Waals surface area contributed by atoms with Gasteiger partial charge in [-0.15, -0.1) is 0 Å². The summed E-state index contributed by atoms with van der Waals surface area (Å²) >= 11 is 0. The van der Waals surface area contributed by atoms with Crippen molar-refractivity contribution in [2.45, 2.75) is 37.9 Å².